The lowest BCUT2D eigenvalue weighted by Gasteiger charge is -2.28. The smallest absolute Gasteiger partial charge is 0.333 e. The molecule has 16 heteroatoms. The number of rotatable bonds is 9. The van der Waals surface area contributed by atoms with Gasteiger partial charge in [0, 0.05) is 34.3 Å². The molecule has 0 spiro atoms. The Morgan fingerprint density at radius 2 is 1.98 bits per heavy atom. The molecular formula is C28H24ClF4N5O6. The van der Waals surface area contributed by atoms with E-state index in [0.717, 1.165) is 12.3 Å². The van der Waals surface area contributed by atoms with Gasteiger partial charge in [0.15, 0.2) is 0 Å². The molecule has 4 aromatic rings. The molecule has 1 aliphatic heterocycles. The Balaban J connectivity index is 1.55. The highest BCUT2D eigenvalue weighted by molar-refractivity contribution is 6.31. The Kier molecular flexibility index (Phi) is 7.90. The maximum atomic E-state index is 15.0. The van der Waals surface area contributed by atoms with Gasteiger partial charge < -0.3 is 30.7 Å². The number of fused-ring (bicyclic) bond motifs is 2. The van der Waals surface area contributed by atoms with Crippen LogP contribution < -0.4 is 20.5 Å². The molecule has 0 aliphatic carbocycles. The number of aliphatic hydroxyl groups is 2. The van der Waals surface area contributed by atoms with Crippen LogP contribution >= 0.6 is 11.6 Å². The zero-order chi connectivity index (χ0) is 32.1. The lowest BCUT2D eigenvalue weighted by atomic mass is 9.82. The van der Waals surface area contributed by atoms with Crippen LogP contribution in [0.15, 0.2) is 36.5 Å². The maximum absolute atomic E-state index is 15.0. The second kappa shape index (κ2) is 11.2. The average Bonchev–Trinajstić information content (AvgIpc) is 3.59. The Morgan fingerprint density at radius 3 is 2.61 bits per heavy atom. The van der Waals surface area contributed by atoms with E-state index in [-0.39, 0.29) is 57.1 Å². The number of pyridine rings is 1. The molecule has 0 saturated carbocycles. The molecule has 2 aromatic carbocycles. The van der Waals surface area contributed by atoms with E-state index < -0.39 is 59.2 Å². The third kappa shape index (κ3) is 5.16. The van der Waals surface area contributed by atoms with Crippen molar-refractivity contribution in [2.75, 3.05) is 26.9 Å². The van der Waals surface area contributed by atoms with Gasteiger partial charge in [-0.05, 0) is 31.2 Å². The number of hydrogen-bond donors (Lipinski definition) is 4. The highest BCUT2D eigenvalue weighted by Crippen LogP contribution is 2.46. The summed E-state index contributed by atoms with van der Waals surface area (Å²) in [6.45, 7) is -3.46. The fourth-order valence-corrected chi connectivity index (χ4v) is 4.94. The van der Waals surface area contributed by atoms with Gasteiger partial charge in [-0.2, -0.15) is 13.9 Å². The summed E-state index contributed by atoms with van der Waals surface area (Å²) in [5.74, 6) is -3.81. The van der Waals surface area contributed by atoms with Crippen molar-refractivity contribution >= 4 is 34.3 Å². The normalized spacial score (nSPS) is 17.3. The van der Waals surface area contributed by atoms with Crippen molar-refractivity contribution in [2.24, 2.45) is 5.73 Å². The van der Waals surface area contributed by atoms with Crippen LogP contribution in [0.3, 0.4) is 0 Å². The fourth-order valence-electron chi connectivity index (χ4n) is 4.78. The summed E-state index contributed by atoms with van der Waals surface area (Å²) in [6.07, 6.45) is 1.03. The lowest BCUT2D eigenvalue weighted by Crippen LogP contribution is -2.44. The minimum atomic E-state index is -2.94. The summed E-state index contributed by atoms with van der Waals surface area (Å²) in [5.41, 5.74) is 1.01. The quantitative estimate of drug-likeness (QED) is 0.161. The first kappa shape index (κ1) is 31.0. The summed E-state index contributed by atoms with van der Waals surface area (Å²) in [5, 5.41) is 27.7. The van der Waals surface area contributed by atoms with Crippen LogP contribution in [0.1, 0.15) is 35.1 Å². The molecule has 5 N–H and O–H groups in total. The molecule has 0 fully saturated rings. The number of nitrogens with zero attached hydrogens (tertiary/aromatic N) is 3. The average molecular weight is 638 g/mol. The number of nitrogens with two attached hydrogens (primary N) is 1. The van der Waals surface area contributed by atoms with Gasteiger partial charge in [-0.15, -0.1) is 0 Å². The fraction of sp³-hybridized carbons (Fsp3) is 0.286. The summed E-state index contributed by atoms with van der Waals surface area (Å²) < 4.78 is 66.5. The number of primary amides is 1. The van der Waals surface area contributed by atoms with Crippen LogP contribution in [-0.4, -0.2) is 63.7 Å². The SMILES string of the molecule is COc1cc(C(=O)NCC(O)(CO)c2cc3c(c(-c4cc(Cl)c(F)cc4F)n2)OC[C@]3(C)C(N)=O)cc2cn(C(F)F)nc12. The minimum absolute atomic E-state index is 0.0279. The predicted molar refractivity (Wildman–Crippen MR) is 147 cm³/mol. The van der Waals surface area contributed by atoms with Crippen LogP contribution in [0.5, 0.6) is 11.5 Å². The van der Waals surface area contributed by atoms with Crippen LogP contribution in [0.2, 0.25) is 5.02 Å². The van der Waals surface area contributed by atoms with Gasteiger partial charge in [-0.3, -0.25) is 9.59 Å². The summed E-state index contributed by atoms with van der Waals surface area (Å²) >= 11 is 5.90. The van der Waals surface area contributed by atoms with Gasteiger partial charge in [-0.1, -0.05) is 11.6 Å². The first-order valence-corrected chi connectivity index (χ1v) is 13.2. The first-order chi connectivity index (χ1) is 20.7. The highest BCUT2D eigenvalue weighted by Gasteiger charge is 2.46. The van der Waals surface area contributed by atoms with Crippen molar-refractivity contribution in [1.82, 2.24) is 20.1 Å². The van der Waals surface area contributed by atoms with Crippen LogP contribution in [0.25, 0.3) is 22.2 Å². The summed E-state index contributed by atoms with van der Waals surface area (Å²) in [7, 11) is 1.26. The number of nitrogens with one attached hydrogen (secondary N) is 1. The van der Waals surface area contributed by atoms with Crippen molar-refractivity contribution in [2.45, 2.75) is 24.5 Å². The largest absolute Gasteiger partial charge is 0.494 e. The molecule has 44 heavy (non-hydrogen) atoms. The number of hydrogen-bond acceptors (Lipinski definition) is 8. The van der Waals surface area contributed by atoms with E-state index in [0.29, 0.717) is 10.7 Å². The standard InChI is InChI=1S/C28H24ClF4N5O6/c1-27(25(34)41)11-44-23-15(27)6-20(36-22(23)14-5-16(29)18(31)7-17(14)30)28(42,10-39)9-35-24(40)12-3-13-8-38(26(32)33)37-21(13)19(4-12)43-2/h3-8,26,39,42H,9-11H2,1-2H3,(H2,34,41)(H,35,40)/t27-,28?/m0/s1. The number of halogens is 5. The Bertz CT molecular complexity index is 1820. The van der Waals surface area contributed by atoms with E-state index in [1.165, 1.54) is 32.2 Å². The highest BCUT2D eigenvalue weighted by atomic mass is 35.5. The number of aromatic nitrogens is 3. The van der Waals surface area contributed by atoms with Gasteiger partial charge in [-0.25, -0.2) is 18.4 Å². The minimum Gasteiger partial charge on any atom is -0.494 e. The molecule has 232 valence electrons. The van der Waals surface area contributed by atoms with Crippen LogP contribution in [0.4, 0.5) is 17.6 Å². The van der Waals surface area contributed by atoms with Crippen LogP contribution in [-0.2, 0) is 15.8 Å². The zero-order valence-corrected chi connectivity index (χ0v) is 23.8. The molecule has 5 rings (SSSR count). The summed E-state index contributed by atoms with van der Waals surface area (Å²) in [4.78, 5) is 29.9. The van der Waals surface area contributed by atoms with Crippen LogP contribution in [0, 0.1) is 11.6 Å². The van der Waals surface area contributed by atoms with Gasteiger partial charge in [0.05, 0.1) is 31.0 Å². The number of amides is 2. The third-order valence-electron chi connectivity index (χ3n) is 7.43. The van der Waals surface area contributed by atoms with E-state index >= 15 is 0 Å². The van der Waals surface area contributed by atoms with E-state index in [4.69, 9.17) is 26.8 Å². The molecule has 1 unspecified atom stereocenters. The molecule has 3 heterocycles. The number of aliphatic hydroxyl groups excluding tert-OH is 1. The number of alkyl halides is 2. The van der Waals surface area contributed by atoms with Crippen molar-refractivity contribution in [3.05, 3.63) is 70.0 Å². The molecule has 2 aromatic heterocycles. The molecule has 1 aliphatic rings. The molecular weight excluding hydrogens is 614 g/mol. The second-order valence-electron chi connectivity index (χ2n) is 10.3. The van der Waals surface area contributed by atoms with E-state index in [1.54, 1.807) is 0 Å². The van der Waals surface area contributed by atoms with E-state index in [1.807, 2.05) is 0 Å². The molecule has 0 bridgehead atoms. The second-order valence-corrected chi connectivity index (χ2v) is 10.7. The van der Waals surface area contributed by atoms with E-state index in [2.05, 4.69) is 15.4 Å². The van der Waals surface area contributed by atoms with Gasteiger partial charge in [0.1, 0.15) is 52.0 Å². The lowest BCUT2D eigenvalue weighted by molar-refractivity contribution is -0.123. The number of benzene rings is 2. The topological polar surface area (TPSA) is 162 Å². The molecule has 0 saturated heterocycles. The van der Waals surface area contributed by atoms with Crippen molar-refractivity contribution in [1.29, 1.82) is 0 Å². The van der Waals surface area contributed by atoms with Crippen molar-refractivity contribution < 1.29 is 46.8 Å². The Hall–Kier alpha value is -4.47. The number of carbonyl (C=O) groups is 2. The number of methoxy groups -OCH3 is 1. The predicted octanol–water partition coefficient (Wildman–Crippen LogP) is 3.18. The maximum Gasteiger partial charge on any atom is 0.333 e. The number of ether oxygens (including phenoxy) is 2. The van der Waals surface area contributed by atoms with Gasteiger partial charge in [0.2, 0.25) is 5.91 Å². The zero-order valence-electron chi connectivity index (χ0n) is 23.0. The number of carbonyl (C=O) groups excluding carboxylic acids is 2. The first-order valence-electron chi connectivity index (χ1n) is 12.8. The van der Waals surface area contributed by atoms with Gasteiger partial charge in [0.25, 0.3) is 5.91 Å². The van der Waals surface area contributed by atoms with Crippen molar-refractivity contribution in [3.63, 3.8) is 0 Å². The molecule has 2 amide bonds. The summed E-state index contributed by atoms with van der Waals surface area (Å²) in [6, 6.07) is 5.23. The van der Waals surface area contributed by atoms with E-state index in [9.17, 15) is 37.4 Å². The Morgan fingerprint density at radius 1 is 1.25 bits per heavy atom. The molecule has 11 nitrogen and oxygen atoms in total. The monoisotopic (exact) mass is 637 g/mol. The van der Waals surface area contributed by atoms with Gasteiger partial charge >= 0.3 is 6.55 Å². The van der Waals surface area contributed by atoms with Crippen molar-refractivity contribution in [3.8, 4) is 22.8 Å². The third-order valence-corrected chi connectivity index (χ3v) is 7.72. The molecule has 0 radical (unpaired) electrons. The Labute approximate surface area is 251 Å². The molecule has 2 atom stereocenters.